The smallest absolute Gasteiger partial charge is 0.356 e. The number of fused-ring (bicyclic) bond motifs is 1. The van der Waals surface area contributed by atoms with Crippen LogP contribution in [0.15, 0.2) is 18.2 Å². The normalized spacial score (nSPS) is 12.7. The van der Waals surface area contributed by atoms with Crippen molar-refractivity contribution in [1.29, 1.82) is 0 Å². The van der Waals surface area contributed by atoms with Gasteiger partial charge in [0.1, 0.15) is 5.82 Å². The van der Waals surface area contributed by atoms with E-state index in [4.69, 9.17) is 14.6 Å². The Balaban J connectivity index is 2.22. The van der Waals surface area contributed by atoms with Crippen molar-refractivity contribution >= 4 is 5.97 Å². The third-order valence-corrected chi connectivity index (χ3v) is 2.84. The number of aromatic nitrogens is 2. The highest BCUT2D eigenvalue weighted by Gasteiger charge is 2.25. The molecule has 0 radical (unpaired) electrons. The molecule has 1 N–H and O–H groups in total. The summed E-state index contributed by atoms with van der Waals surface area (Å²) in [6.45, 7) is 0.00935. The van der Waals surface area contributed by atoms with E-state index in [1.165, 1.54) is 29.9 Å². The highest BCUT2D eigenvalue weighted by atomic mass is 19.1. The van der Waals surface area contributed by atoms with Gasteiger partial charge in [-0.1, -0.05) is 0 Å². The molecule has 0 spiro atoms. The van der Waals surface area contributed by atoms with Crippen molar-refractivity contribution in [2.45, 2.75) is 0 Å². The van der Waals surface area contributed by atoms with Gasteiger partial charge in [-0.15, -0.1) is 0 Å². The summed E-state index contributed by atoms with van der Waals surface area (Å²) >= 11 is 0. The van der Waals surface area contributed by atoms with Gasteiger partial charge in [0, 0.05) is 7.05 Å². The molecule has 0 saturated carbocycles. The minimum Gasteiger partial charge on any atom is -0.476 e. The third-order valence-electron chi connectivity index (χ3n) is 2.84. The summed E-state index contributed by atoms with van der Waals surface area (Å²) in [6.07, 6.45) is 0. The van der Waals surface area contributed by atoms with Crippen LogP contribution in [0.1, 0.15) is 10.5 Å². The first-order valence-corrected chi connectivity index (χ1v) is 5.43. The van der Waals surface area contributed by atoms with Gasteiger partial charge in [-0.05, 0) is 18.2 Å². The summed E-state index contributed by atoms with van der Waals surface area (Å²) in [6, 6.07) is 4.01. The van der Waals surface area contributed by atoms with Gasteiger partial charge in [0.25, 0.3) is 0 Å². The number of halogens is 1. The predicted octanol–water partition coefficient (Wildman–Crippen LogP) is 1.65. The van der Waals surface area contributed by atoms with Gasteiger partial charge in [0.15, 0.2) is 17.2 Å². The number of carboxylic acid groups (broad SMARTS) is 1. The number of carboxylic acids is 1. The lowest BCUT2D eigenvalue weighted by Crippen LogP contribution is -2.00. The van der Waals surface area contributed by atoms with Crippen LogP contribution in [-0.4, -0.2) is 27.6 Å². The van der Waals surface area contributed by atoms with E-state index in [1.54, 1.807) is 0 Å². The fourth-order valence-electron chi connectivity index (χ4n) is 1.99. The second-order valence-corrected chi connectivity index (χ2v) is 4.00. The van der Waals surface area contributed by atoms with E-state index in [9.17, 15) is 9.18 Å². The second-order valence-electron chi connectivity index (χ2n) is 4.00. The molecule has 1 aliphatic heterocycles. The van der Waals surface area contributed by atoms with Crippen LogP contribution >= 0.6 is 0 Å². The first kappa shape index (κ1) is 11.5. The summed E-state index contributed by atoms with van der Waals surface area (Å²) in [7, 11) is 1.54. The zero-order chi connectivity index (χ0) is 13.6. The summed E-state index contributed by atoms with van der Waals surface area (Å²) < 4.78 is 25.7. The maximum absolute atomic E-state index is 14.0. The van der Waals surface area contributed by atoms with Gasteiger partial charge in [-0.2, -0.15) is 5.10 Å². The molecule has 2 aromatic rings. The average molecular weight is 264 g/mol. The number of hydrogen-bond acceptors (Lipinski definition) is 4. The molecule has 2 heterocycles. The predicted molar refractivity (Wildman–Crippen MR) is 61.7 cm³/mol. The second kappa shape index (κ2) is 3.98. The zero-order valence-electron chi connectivity index (χ0n) is 9.88. The summed E-state index contributed by atoms with van der Waals surface area (Å²) in [5, 5.41) is 12.7. The third kappa shape index (κ3) is 1.70. The number of aromatic carboxylic acids is 1. The molecule has 19 heavy (non-hydrogen) atoms. The molecule has 0 fully saturated rings. The number of ether oxygens (including phenoxy) is 2. The summed E-state index contributed by atoms with van der Waals surface area (Å²) in [5.74, 6) is -1.01. The minimum absolute atomic E-state index is 0.00935. The Morgan fingerprint density at radius 2 is 2.26 bits per heavy atom. The van der Waals surface area contributed by atoms with Crippen molar-refractivity contribution in [2.75, 3.05) is 6.79 Å². The van der Waals surface area contributed by atoms with Crippen molar-refractivity contribution in [1.82, 2.24) is 9.78 Å². The molecule has 1 aliphatic rings. The van der Waals surface area contributed by atoms with E-state index < -0.39 is 11.8 Å². The molecule has 0 aliphatic carbocycles. The first-order valence-electron chi connectivity index (χ1n) is 5.43. The molecule has 0 amide bonds. The number of benzene rings is 1. The lowest BCUT2D eigenvalue weighted by Gasteiger charge is -2.07. The van der Waals surface area contributed by atoms with Crippen molar-refractivity contribution in [3.63, 3.8) is 0 Å². The largest absolute Gasteiger partial charge is 0.476 e. The molecule has 6 nitrogen and oxygen atoms in total. The van der Waals surface area contributed by atoms with Gasteiger partial charge in [-0.25, -0.2) is 9.18 Å². The van der Waals surface area contributed by atoms with Gasteiger partial charge in [-0.3, -0.25) is 4.68 Å². The molecule has 3 rings (SSSR count). The average Bonchev–Trinajstić information content (AvgIpc) is 2.96. The lowest BCUT2D eigenvalue weighted by molar-refractivity contribution is 0.0689. The van der Waals surface area contributed by atoms with Crippen LogP contribution in [0.4, 0.5) is 4.39 Å². The van der Waals surface area contributed by atoms with E-state index in [1.807, 2.05) is 0 Å². The zero-order valence-corrected chi connectivity index (χ0v) is 9.88. The Morgan fingerprint density at radius 3 is 2.95 bits per heavy atom. The number of aryl methyl sites for hydroxylation is 1. The molecule has 0 bridgehead atoms. The monoisotopic (exact) mass is 264 g/mol. The van der Waals surface area contributed by atoms with Crippen LogP contribution in [0, 0.1) is 5.82 Å². The molecule has 1 aromatic heterocycles. The fourth-order valence-corrected chi connectivity index (χ4v) is 1.99. The highest BCUT2D eigenvalue weighted by Crippen LogP contribution is 2.42. The van der Waals surface area contributed by atoms with E-state index in [0.717, 1.165) is 0 Å². The number of rotatable bonds is 2. The Bertz CT molecular complexity index is 681. The molecular weight excluding hydrogens is 255 g/mol. The molecule has 0 atom stereocenters. The standard InChI is InChI=1S/C12H9FN2O4/c1-15-8(4-7(14-15)12(16)17)10-6(13)2-3-9-11(10)19-5-18-9/h2-4H,5H2,1H3,(H,16,17). The molecule has 0 unspecified atom stereocenters. The summed E-state index contributed by atoms with van der Waals surface area (Å²) in [4.78, 5) is 10.9. The van der Waals surface area contributed by atoms with Crippen molar-refractivity contribution in [3.05, 3.63) is 29.7 Å². The van der Waals surface area contributed by atoms with Crippen molar-refractivity contribution < 1.29 is 23.8 Å². The number of nitrogens with zero attached hydrogens (tertiary/aromatic N) is 2. The Kier molecular flexibility index (Phi) is 2.41. The highest BCUT2D eigenvalue weighted by molar-refractivity contribution is 5.87. The molecule has 98 valence electrons. The van der Waals surface area contributed by atoms with E-state index in [2.05, 4.69) is 5.10 Å². The molecular formula is C12H9FN2O4. The summed E-state index contributed by atoms with van der Waals surface area (Å²) in [5.41, 5.74) is 0.308. The van der Waals surface area contributed by atoms with Crippen LogP contribution < -0.4 is 9.47 Å². The van der Waals surface area contributed by atoms with Gasteiger partial charge >= 0.3 is 5.97 Å². The first-order chi connectivity index (χ1) is 9.08. The van der Waals surface area contributed by atoms with Crippen LogP contribution in [0.5, 0.6) is 11.5 Å². The maximum atomic E-state index is 14.0. The Morgan fingerprint density at radius 1 is 1.47 bits per heavy atom. The van der Waals surface area contributed by atoms with Gasteiger partial charge < -0.3 is 14.6 Å². The molecule has 7 heteroatoms. The maximum Gasteiger partial charge on any atom is 0.356 e. The van der Waals surface area contributed by atoms with Crippen molar-refractivity contribution in [2.24, 2.45) is 7.05 Å². The van der Waals surface area contributed by atoms with E-state index in [0.29, 0.717) is 11.4 Å². The van der Waals surface area contributed by atoms with Gasteiger partial charge in [0.2, 0.25) is 6.79 Å². The van der Waals surface area contributed by atoms with E-state index in [-0.39, 0.29) is 23.8 Å². The molecule has 1 aromatic carbocycles. The number of carbonyl (C=O) groups is 1. The van der Waals surface area contributed by atoms with Gasteiger partial charge in [0.05, 0.1) is 11.3 Å². The topological polar surface area (TPSA) is 73.6 Å². The molecule has 0 saturated heterocycles. The van der Waals surface area contributed by atoms with Crippen LogP contribution in [0.3, 0.4) is 0 Å². The Hall–Kier alpha value is -2.57. The fraction of sp³-hybridized carbons (Fsp3) is 0.167. The van der Waals surface area contributed by atoms with Crippen LogP contribution in [0.2, 0.25) is 0 Å². The van der Waals surface area contributed by atoms with Crippen LogP contribution in [0.25, 0.3) is 11.3 Å². The quantitative estimate of drug-likeness (QED) is 0.892. The number of hydrogen-bond donors (Lipinski definition) is 1. The van der Waals surface area contributed by atoms with Crippen molar-refractivity contribution in [3.8, 4) is 22.8 Å². The Labute approximate surface area is 107 Å². The lowest BCUT2D eigenvalue weighted by atomic mass is 10.1. The van der Waals surface area contributed by atoms with E-state index >= 15 is 0 Å². The SMILES string of the molecule is Cn1nc(C(=O)O)cc1-c1c(F)ccc2c1OCO2. The van der Waals surface area contributed by atoms with Crippen LogP contribution in [-0.2, 0) is 7.05 Å². The minimum atomic E-state index is -1.17.